The molecule has 0 aliphatic rings. The van der Waals surface area contributed by atoms with Crippen LogP contribution in [0.4, 0.5) is 0 Å². The van der Waals surface area contributed by atoms with Gasteiger partial charge in [0.2, 0.25) is 23.6 Å². The number of nitrogens with one attached hydrogen (secondary N) is 3. The van der Waals surface area contributed by atoms with E-state index in [2.05, 4.69) is 14.2 Å². The summed E-state index contributed by atoms with van der Waals surface area (Å²) in [5.74, 6) is -2.39. The van der Waals surface area contributed by atoms with Crippen LogP contribution in [0.2, 0.25) is 0 Å². The first kappa shape index (κ1) is 24.2. The van der Waals surface area contributed by atoms with Gasteiger partial charge in [0.1, 0.15) is 18.4 Å². The molecule has 0 saturated heterocycles. The molecular formula is C15H26IN5O5. The molecule has 0 bridgehead atoms. The highest BCUT2D eigenvalue weighted by Gasteiger charge is 2.27. The summed E-state index contributed by atoms with van der Waals surface area (Å²) < 4.78 is 2.60. The largest absolute Gasteiger partial charge is 0.370 e. The number of aldehydes is 1. The van der Waals surface area contributed by atoms with Gasteiger partial charge < -0.3 is 26.9 Å². The molecule has 0 radical (unpaired) electrons. The van der Waals surface area contributed by atoms with Crippen LogP contribution in [0, 0.1) is 5.92 Å². The molecule has 0 saturated carbocycles. The van der Waals surface area contributed by atoms with Crippen LogP contribution in [0.3, 0.4) is 0 Å². The van der Waals surface area contributed by atoms with E-state index in [1.54, 1.807) is 22.9 Å². The molecule has 0 aromatic heterocycles. The smallest absolute Gasteiger partial charge is 0.243 e. The Hall–Kier alpha value is -1.76. The molecule has 148 valence electrons. The SMILES string of the molecule is CC(C)C[C@@H](C=O)NC(=O)[C@H](CCC(N)=O)NC(=O)C(CC(N)=O)NI. The van der Waals surface area contributed by atoms with Gasteiger partial charge in [0.25, 0.3) is 0 Å². The van der Waals surface area contributed by atoms with Crippen molar-refractivity contribution in [1.29, 1.82) is 0 Å². The molecule has 26 heavy (non-hydrogen) atoms. The fourth-order valence-electron chi connectivity index (χ4n) is 2.15. The Labute approximate surface area is 166 Å². The molecule has 3 atom stereocenters. The number of primary amides is 2. The summed E-state index contributed by atoms with van der Waals surface area (Å²) in [5.41, 5.74) is 10.2. The minimum Gasteiger partial charge on any atom is -0.370 e. The Morgan fingerprint density at radius 3 is 2.00 bits per heavy atom. The van der Waals surface area contributed by atoms with Crippen molar-refractivity contribution in [3.63, 3.8) is 0 Å². The van der Waals surface area contributed by atoms with Gasteiger partial charge in [-0.3, -0.25) is 19.2 Å². The first-order valence-corrected chi connectivity index (χ1v) is 9.17. The first-order chi connectivity index (χ1) is 12.1. The van der Waals surface area contributed by atoms with Gasteiger partial charge in [-0.15, -0.1) is 0 Å². The third-order valence-electron chi connectivity index (χ3n) is 3.38. The Bertz CT molecular complexity index is 529. The number of hydrogen-bond acceptors (Lipinski definition) is 6. The average Bonchev–Trinajstić information content (AvgIpc) is 2.54. The van der Waals surface area contributed by atoms with Crippen LogP contribution in [-0.2, 0) is 24.0 Å². The zero-order valence-electron chi connectivity index (χ0n) is 14.8. The van der Waals surface area contributed by atoms with Crippen molar-refractivity contribution in [2.75, 3.05) is 0 Å². The number of carbonyl (C=O) groups excluding carboxylic acids is 5. The van der Waals surface area contributed by atoms with Crippen molar-refractivity contribution in [2.24, 2.45) is 17.4 Å². The molecule has 0 aliphatic heterocycles. The van der Waals surface area contributed by atoms with Crippen molar-refractivity contribution in [3.8, 4) is 0 Å². The van der Waals surface area contributed by atoms with Crippen LogP contribution in [0.25, 0.3) is 0 Å². The molecule has 0 aromatic carbocycles. The number of halogens is 1. The van der Waals surface area contributed by atoms with Crippen molar-refractivity contribution >= 4 is 52.8 Å². The Morgan fingerprint density at radius 2 is 1.58 bits per heavy atom. The lowest BCUT2D eigenvalue weighted by atomic mass is 10.0. The monoisotopic (exact) mass is 483 g/mol. The Kier molecular flexibility index (Phi) is 11.7. The van der Waals surface area contributed by atoms with E-state index in [1.807, 2.05) is 13.8 Å². The van der Waals surface area contributed by atoms with Gasteiger partial charge in [-0.05, 0) is 18.8 Å². The Morgan fingerprint density at radius 1 is 1.00 bits per heavy atom. The lowest BCUT2D eigenvalue weighted by molar-refractivity contribution is -0.132. The lowest BCUT2D eigenvalue weighted by Gasteiger charge is -2.23. The molecule has 4 amide bonds. The van der Waals surface area contributed by atoms with Crippen molar-refractivity contribution in [3.05, 3.63) is 0 Å². The molecule has 11 heteroatoms. The van der Waals surface area contributed by atoms with Crippen LogP contribution >= 0.6 is 22.9 Å². The van der Waals surface area contributed by atoms with Crippen molar-refractivity contribution < 1.29 is 24.0 Å². The quantitative estimate of drug-likeness (QED) is 0.123. The van der Waals surface area contributed by atoms with Gasteiger partial charge in [0.05, 0.1) is 12.5 Å². The fraction of sp³-hybridized carbons (Fsp3) is 0.667. The molecule has 0 heterocycles. The highest BCUT2D eigenvalue weighted by molar-refractivity contribution is 14.1. The second-order valence-corrected chi connectivity index (χ2v) is 6.90. The molecule has 10 nitrogen and oxygen atoms in total. The van der Waals surface area contributed by atoms with E-state index in [9.17, 15) is 24.0 Å². The van der Waals surface area contributed by atoms with E-state index in [-0.39, 0.29) is 25.2 Å². The standard InChI is InChI=1S/C15H26IN5O5/c1-8(2)5-9(7-22)19-14(25)10(3-4-12(17)23)20-15(26)11(21-16)6-13(18)24/h7-11,21H,3-6H2,1-2H3,(H2,17,23)(H2,18,24)(H,19,25)(H,20,26)/t9-,10-,11?/m0/s1. The third kappa shape index (κ3) is 10.3. The van der Waals surface area contributed by atoms with Crippen LogP contribution in [0.15, 0.2) is 0 Å². The number of amides is 4. The maximum absolute atomic E-state index is 12.4. The fourth-order valence-corrected chi connectivity index (χ4v) is 2.65. The number of carbonyl (C=O) groups is 5. The maximum atomic E-state index is 12.4. The summed E-state index contributed by atoms with van der Waals surface area (Å²) in [6.45, 7) is 3.80. The second kappa shape index (κ2) is 12.6. The third-order valence-corrected chi connectivity index (χ3v) is 4.13. The van der Waals surface area contributed by atoms with Crippen LogP contribution < -0.4 is 25.6 Å². The molecule has 0 fully saturated rings. The Balaban J connectivity index is 5.09. The summed E-state index contributed by atoms with van der Waals surface area (Å²) in [4.78, 5) is 57.8. The predicted octanol–water partition coefficient (Wildman–Crippen LogP) is -1.35. The molecular weight excluding hydrogens is 457 g/mol. The summed E-state index contributed by atoms with van der Waals surface area (Å²) in [6.07, 6.45) is 0.624. The van der Waals surface area contributed by atoms with Crippen molar-refractivity contribution in [1.82, 2.24) is 14.2 Å². The maximum Gasteiger partial charge on any atom is 0.243 e. The highest BCUT2D eigenvalue weighted by Crippen LogP contribution is 2.06. The summed E-state index contributed by atoms with van der Waals surface area (Å²) in [5, 5.41) is 5.00. The summed E-state index contributed by atoms with van der Waals surface area (Å²) in [7, 11) is 0. The number of nitrogens with two attached hydrogens (primary N) is 2. The molecule has 0 aromatic rings. The normalized spacial score (nSPS) is 14.2. The van der Waals surface area contributed by atoms with E-state index >= 15 is 0 Å². The van der Waals surface area contributed by atoms with Crippen molar-refractivity contribution in [2.45, 2.75) is 57.7 Å². The first-order valence-electron chi connectivity index (χ1n) is 8.09. The molecule has 0 aliphatic carbocycles. The summed E-state index contributed by atoms with van der Waals surface area (Å²) >= 11 is 1.69. The number of rotatable bonds is 13. The van der Waals surface area contributed by atoms with Gasteiger partial charge in [0.15, 0.2) is 0 Å². The van der Waals surface area contributed by atoms with Gasteiger partial charge in [-0.1, -0.05) is 13.8 Å². The van der Waals surface area contributed by atoms with Gasteiger partial charge in [-0.25, -0.2) is 3.53 Å². The van der Waals surface area contributed by atoms with Gasteiger partial charge in [0, 0.05) is 29.3 Å². The van der Waals surface area contributed by atoms with E-state index in [1.165, 1.54) is 0 Å². The van der Waals surface area contributed by atoms with Crippen LogP contribution in [-0.4, -0.2) is 48.0 Å². The number of hydrogen-bond donors (Lipinski definition) is 5. The van der Waals surface area contributed by atoms with Crippen LogP contribution in [0.1, 0.15) is 39.5 Å². The van der Waals surface area contributed by atoms with Gasteiger partial charge >= 0.3 is 0 Å². The van der Waals surface area contributed by atoms with E-state index < -0.39 is 41.8 Å². The average molecular weight is 483 g/mol. The minimum atomic E-state index is -1.08. The predicted molar refractivity (Wildman–Crippen MR) is 103 cm³/mol. The van der Waals surface area contributed by atoms with Crippen LogP contribution in [0.5, 0.6) is 0 Å². The van der Waals surface area contributed by atoms with E-state index in [0.29, 0.717) is 12.7 Å². The highest BCUT2D eigenvalue weighted by atomic mass is 127. The zero-order chi connectivity index (χ0) is 20.3. The van der Waals surface area contributed by atoms with Gasteiger partial charge in [-0.2, -0.15) is 0 Å². The second-order valence-electron chi connectivity index (χ2n) is 6.28. The molecule has 1 unspecified atom stereocenters. The molecule has 7 N–H and O–H groups in total. The molecule has 0 rings (SSSR count). The lowest BCUT2D eigenvalue weighted by Crippen LogP contribution is -2.54. The summed E-state index contributed by atoms with van der Waals surface area (Å²) in [6, 6.07) is -2.72. The van der Waals surface area contributed by atoms with E-state index in [4.69, 9.17) is 11.5 Å². The van der Waals surface area contributed by atoms with E-state index in [0.717, 1.165) is 0 Å². The topological polar surface area (TPSA) is 173 Å². The minimum absolute atomic E-state index is 0.0370. The zero-order valence-corrected chi connectivity index (χ0v) is 16.9. The molecule has 0 spiro atoms.